The van der Waals surface area contributed by atoms with Gasteiger partial charge in [0.2, 0.25) is 0 Å². The molecule has 1 aromatic heterocycles. The molecule has 1 aliphatic rings. The molecule has 1 aromatic rings. The standard InChI is InChI=1S/C12H16N2O3/c15-8-12(4-1-2-5-12)14-10-3-6-13-7-9(10)11(16)17/h3,6-7,15H,1-2,4-5,8H2,(H,13,14)(H,16,17). The van der Waals surface area contributed by atoms with Crippen LogP contribution in [0, 0.1) is 0 Å². The molecule has 0 unspecified atom stereocenters. The average molecular weight is 236 g/mol. The number of aliphatic hydroxyl groups is 1. The highest BCUT2D eigenvalue weighted by Crippen LogP contribution is 2.33. The molecular formula is C12H16N2O3. The molecule has 2 rings (SSSR count). The number of aromatic nitrogens is 1. The first-order valence-corrected chi connectivity index (χ1v) is 5.73. The molecule has 1 aliphatic carbocycles. The fourth-order valence-corrected chi connectivity index (χ4v) is 2.33. The molecule has 0 aromatic carbocycles. The molecule has 3 N–H and O–H groups in total. The number of nitrogens with zero attached hydrogens (tertiary/aromatic N) is 1. The van der Waals surface area contributed by atoms with Crippen molar-refractivity contribution in [3.8, 4) is 0 Å². The van der Waals surface area contributed by atoms with Crippen LogP contribution in [0.1, 0.15) is 36.0 Å². The Morgan fingerprint density at radius 2 is 2.18 bits per heavy atom. The summed E-state index contributed by atoms with van der Waals surface area (Å²) in [7, 11) is 0. The van der Waals surface area contributed by atoms with E-state index in [1.165, 1.54) is 6.20 Å². The van der Waals surface area contributed by atoms with Crippen LogP contribution < -0.4 is 5.32 Å². The van der Waals surface area contributed by atoms with Gasteiger partial charge in [0.1, 0.15) is 5.56 Å². The number of rotatable bonds is 4. The van der Waals surface area contributed by atoms with Gasteiger partial charge in [-0.3, -0.25) is 4.98 Å². The lowest BCUT2D eigenvalue weighted by Crippen LogP contribution is -2.39. The van der Waals surface area contributed by atoms with Crippen LogP contribution in [0.4, 0.5) is 5.69 Å². The SMILES string of the molecule is O=C(O)c1cnccc1NC1(CO)CCCC1. The molecule has 5 nitrogen and oxygen atoms in total. The Morgan fingerprint density at radius 3 is 2.76 bits per heavy atom. The van der Waals surface area contributed by atoms with E-state index >= 15 is 0 Å². The lowest BCUT2D eigenvalue weighted by Gasteiger charge is -2.29. The summed E-state index contributed by atoms with van der Waals surface area (Å²) in [6, 6.07) is 1.64. The van der Waals surface area contributed by atoms with Crippen LogP contribution >= 0.6 is 0 Å². The van der Waals surface area contributed by atoms with E-state index in [1.807, 2.05) is 0 Å². The van der Waals surface area contributed by atoms with Crippen molar-refractivity contribution < 1.29 is 15.0 Å². The molecule has 5 heteroatoms. The van der Waals surface area contributed by atoms with Crippen molar-refractivity contribution in [3.05, 3.63) is 24.0 Å². The van der Waals surface area contributed by atoms with Gasteiger partial charge in [0.25, 0.3) is 0 Å². The van der Waals surface area contributed by atoms with Crippen LogP contribution in [0.25, 0.3) is 0 Å². The van der Waals surface area contributed by atoms with Crippen molar-refractivity contribution in [1.82, 2.24) is 4.98 Å². The van der Waals surface area contributed by atoms with Gasteiger partial charge in [-0.05, 0) is 18.9 Å². The third-order valence-corrected chi connectivity index (χ3v) is 3.31. The molecule has 0 bridgehead atoms. The summed E-state index contributed by atoms with van der Waals surface area (Å²) >= 11 is 0. The van der Waals surface area contributed by atoms with Gasteiger partial charge in [-0.15, -0.1) is 0 Å². The molecule has 92 valence electrons. The maximum absolute atomic E-state index is 11.0. The van der Waals surface area contributed by atoms with E-state index in [9.17, 15) is 9.90 Å². The summed E-state index contributed by atoms with van der Waals surface area (Å²) in [5, 5.41) is 21.7. The average Bonchev–Trinajstić information content (AvgIpc) is 2.79. The smallest absolute Gasteiger partial charge is 0.339 e. The van der Waals surface area contributed by atoms with Crippen LogP contribution in [0.2, 0.25) is 0 Å². The van der Waals surface area contributed by atoms with Gasteiger partial charge < -0.3 is 15.5 Å². The first-order valence-electron chi connectivity index (χ1n) is 5.73. The molecular weight excluding hydrogens is 220 g/mol. The Kier molecular flexibility index (Phi) is 3.28. The number of carboxylic acids is 1. The number of nitrogens with one attached hydrogen (secondary N) is 1. The normalized spacial score (nSPS) is 17.9. The second-order valence-electron chi connectivity index (χ2n) is 4.50. The summed E-state index contributed by atoms with van der Waals surface area (Å²) in [6.45, 7) is 0.0222. The first-order chi connectivity index (χ1) is 8.17. The number of anilines is 1. The molecule has 1 fully saturated rings. The Bertz CT molecular complexity index is 414. The summed E-state index contributed by atoms with van der Waals surface area (Å²) in [4.78, 5) is 14.9. The summed E-state index contributed by atoms with van der Waals surface area (Å²) in [6.07, 6.45) is 6.72. The summed E-state index contributed by atoms with van der Waals surface area (Å²) < 4.78 is 0. The monoisotopic (exact) mass is 236 g/mol. The van der Waals surface area contributed by atoms with Crippen LogP contribution in [-0.4, -0.2) is 33.3 Å². The second-order valence-corrected chi connectivity index (χ2v) is 4.50. The zero-order valence-corrected chi connectivity index (χ0v) is 9.52. The Hall–Kier alpha value is -1.62. The van der Waals surface area contributed by atoms with Gasteiger partial charge in [0.05, 0.1) is 17.8 Å². The van der Waals surface area contributed by atoms with Gasteiger partial charge >= 0.3 is 5.97 Å². The number of pyridine rings is 1. The third-order valence-electron chi connectivity index (χ3n) is 3.31. The highest BCUT2D eigenvalue weighted by atomic mass is 16.4. The summed E-state index contributed by atoms with van der Waals surface area (Å²) in [5.74, 6) is -1.01. The van der Waals surface area contributed by atoms with E-state index in [0.29, 0.717) is 5.69 Å². The van der Waals surface area contributed by atoms with E-state index in [1.54, 1.807) is 12.3 Å². The molecule has 17 heavy (non-hydrogen) atoms. The molecule has 0 spiro atoms. The predicted octanol–water partition coefficient (Wildman–Crippen LogP) is 1.50. The summed E-state index contributed by atoms with van der Waals surface area (Å²) in [5.41, 5.74) is 0.307. The second kappa shape index (κ2) is 4.71. The lowest BCUT2D eigenvalue weighted by atomic mass is 9.98. The highest BCUT2D eigenvalue weighted by Gasteiger charge is 2.33. The minimum Gasteiger partial charge on any atom is -0.478 e. The van der Waals surface area contributed by atoms with E-state index < -0.39 is 5.97 Å². The van der Waals surface area contributed by atoms with E-state index in [-0.39, 0.29) is 17.7 Å². The van der Waals surface area contributed by atoms with Crippen LogP contribution in [0.15, 0.2) is 18.5 Å². The number of hydrogen-bond donors (Lipinski definition) is 3. The predicted molar refractivity (Wildman–Crippen MR) is 63.1 cm³/mol. The Morgan fingerprint density at radius 1 is 1.47 bits per heavy atom. The fourth-order valence-electron chi connectivity index (χ4n) is 2.33. The van der Waals surface area contributed by atoms with Crippen molar-refractivity contribution >= 4 is 11.7 Å². The van der Waals surface area contributed by atoms with Gasteiger partial charge in [-0.25, -0.2) is 4.79 Å². The van der Waals surface area contributed by atoms with E-state index in [4.69, 9.17) is 5.11 Å². The van der Waals surface area contributed by atoms with E-state index in [2.05, 4.69) is 10.3 Å². The minimum absolute atomic E-state index is 0.0222. The number of hydrogen-bond acceptors (Lipinski definition) is 4. The Labute approximate surface area is 99.5 Å². The van der Waals surface area contributed by atoms with Gasteiger partial charge in [0.15, 0.2) is 0 Å². The van der Waals surface area contributed by atoms with Gasteiger partial charge in [-0.2, -0.15) is 0 Å². The third kappa shape index (κ3) is 2.39. The van der Waals surface area contributed by atoms with E-state index in [0.717, 1.165) is 25.7 Å². The van der Waals surface area contributed by atoms with Crippen molar-refractivity contribution in [2.24, 2.45) is 0 Å². The van der Waals surface area contributed by atoms with Crippen molar-refractivity contribution in [2.75, 3.05) is 11.9 Å². The highest BCUT2D eigenvalue weighted by molar-refractivity contribution is 5.93. The van der Waals surface area contributed by atoms with Crippen molar-refractivity contribution in [1.29, 1.82) is 0 Å². The number of carboxylic acid groups (broad SMARTS) is 1. The Balaban J connectivity index is 2.26. The molecule has 0 aliphatic heterocycles. The molecule has 1 heterocycles. The quantitative estimate of drug-likeness (QED) is 0.738. The van der Waals surface area contributed by atoms with Gasteiger partial charge in [-0.1, -0.05) is 12.8 Å². The number of aromatic carboxylic acids is 1. The zero-order chi connectivity index (χ0) is 12.3. The maximum atomic E-state index is 11.0. The number of aliphatic hydroxyl groups excluding tert-OH is 1. The van der Waals surface area contributed by atoms with Crippen LogP contribution in [0.3, 0.4) is 0 Å². The molecule has 1 saturated carbocycles. The molecule has 0 saturated heterocycles. The topological polar surface area (TPSA) is 82.5 Å². The lowest BCUT2D eigenvalue weighted by molar-refractivity contribution is 0.0697. The zero-order valence-electron chi connectivity index (χ0n) is 9.52. The van der Waals surface area contributed by atoms with Crippen LogP contribution in [-0.2, 0) is 0 Å². The molecule has 0 atom stereocenters. The largest absolute Gasteiger partial charge is 0.478 e. The van der Waals surface area contributed by atoms with Crippen molar-refractivity contribution in [2.45, 2.75) is 31.2 Å². The van der Waals surface area contributed by atoms with Gasteiger partial charge in [0, 0.05) is 12.4 Å². The van der Waals surface area contributed by atoms with Crippen molar-refractivity contribution in [3.63, 3.8) is 0 Å². The minimum atomic E-state index is -1.01. The number of carbonyl (C=O) groups is 1. The van der Waals surface area contributed by atoms with Crippen LogP contribution in [0.5, 0.6) is 0 Å². The molecule has 0 amide bonds. The molecule has 0 radical (unpaired) electrons. The first kappa shape index (κ1) is 11.9. The maximum Gasteiger partial charge on any atom is 0.339 e. The fraction of sp³-hybridized carbons (Fsp3) is 0.500.